The Morgan fingerprint density at radius 3 is 2.77 bits per heavy atom. The molecule has 1 aliphatic rings. The highest BCUT2D eigenvalue weighted by atomic mass is 15.2. The maximum absolute atomic E-state index is 2.38. The summed E-state index contributed by atoms with van der Waals surface area (Å²) in [5.41, 5.74) is 2.88. The first-order valence-corrected chi connectivity index (χ1v) is 4.98. The Labute approximate surface area is 80.4 Å². The summed E-state index contributed by atoms with van der Waals surface area (Å²) in [4.78, 5) is 2.38. The van der Waals surface area contributed by atoms with Crippen LogP contribution in [0.25, 0.3) is 0 Å². The van der Waals surface area contributed by atoms with Crippen molar-refractivity contribution >= 4 is 0 Å². The summed E-state index contributed by atoms with van der Waals surface area (Å²) >= 11 is 0. The molecule has 70 valence electrons. The molecule has 0 saturated carbocycles. The number of benzene rings is 1. The summed E-state index contributed by atoms with van der Waals surface area (Å²) in [5, 5.41) is 0. The van der Waals surface area contributed by atoms with Gasteiger partial charge < -0.3 is 4.90 Å². The van der Waals surface area contributed by atoms with Gasteiger partial charge in [-0.05, 0) is 31.9 Å². The van der Waals surface area contributed by atoms with Crippen LogP contribution in [0.3, 0.4) is 0 Å². The molecule has 13 heavy (non-hydrogen) atoms. The number of nitrogens with zero attached hydrogens (tertiary/aromatic N) is 1. The summed E-state index contributed by atoms with van der Waals surface area (Å²) in [6, 6.07) is 8.87. The Morgan fingerprint density at radius 2 is 2.15 bits per heavy atom. The molecular formula is C12H17N. The highest BCUT2D eigenvalue weighted by molar-refractivity contribution is 5.22. The topological polar surface area (TPSA) is 3.24 Å². The summed E-state index contributed by atoms with van der Waals surface area (Å²) in [6.45, 7) is 4.71. The quantitative estimate of drug-likeness (QED) is 0.665. The molecule has 1 heterocycles. The average Bonchev–Trinajstić information content (AvgIpc) is 2.01. The van der Waals surface area contributed by atoms with Crippen LogP contribution in [-0.4, -0.2) is 25.0 Å². The van der Waals surface area contributed by atoms with Crippen LogP contribution in [0.15, 0.2) is 24.3 Å². The Balaban J connectivity index is 1.94. The summed E-state index contributed by atoms with van der Waals surface area (Å²) in [7, 11) is 2.19. The fraction of sp³-hybridized carbons (Fsp3) is 0.500. The number of hydrogen-bond donors (Lipinski definition) is 0. The largest absolute Gasteiger partial charge is 0.306 e. The van der Waals surface area contributed by atoms with Crippen molar-refractivity contribution in [2.75, 3.05) is 20.1 Å². The van der Waals surface area contributed by atoms with E-state index in [2.05, 4.69) is 43.1 Å². The minimum atomic E-state index is 0.895. The molecule has 0 aromatic heterocycles. The van der Waals surface area contributed by atoms with Crippen molar-refractivity contribution in [1.82, 2.24) is 4.90 Å². The molecule has 0 amide bonds. The van der Waals surface area contributed by atoms with Crippen molar-refractivity contribution in [3.05, 3.63) is 35.4 Å². The predicted octanol–water partition coefficient (Wildman–Crippen LogP) is 2.10. The van der Waals surface area contributed by atoms with E-state index in [1.54, 1.807) is 0 Å². The van der Waals surface area contributed by atoms with Crippen LogP contribution in [0.2, 0.25) is 0 Å². The minimum absolute atomic E-state index is 0.895. The standard InChI is InChI=1S/C12H17N/c1-10-4-3-5-11(6-10)7-12-8-13(2)9-12/h3-6,12H,7-9H2,1-2H3. The van der Waals surface area contributed by atoms with Gasteiger partial charge >= 0.3 is 0 Å². The van der Waals surface area contributed by atoms with Crippen molar-refractivity contribution in [3.8, 4) is 0 Å². The van der Waals surface area contributed by atoms with Gasteiger partial charge in [-0.15, -0.1) is 0 Å². The van der Waals surface area contributed by atoms with E-state index in [4.69, 9.17) is 0 Å². The van der Waals surface area contributed by atoms with Gasteiger partial charge in [0, 0.05) is 13.1 Å². The highest BCUT2D eigenvalue weighted by Crippen LogP contribution is 2.18. The fourth-order valence-corrected chi connectivity index (χ4v) is 2.13. The van der Waals surface area contributed by atoms with E-state index >= 15 is 0 Å². The van der Waals surface area contributed by atoms with Crippen LogP contribution in [-0.2, 0) is 6.42 Å². The Morgan fingerprint density at radius 1 is 1.38 bits per heavy atom. The molecule has 2 rings (SSSR count). The lowest BCUT2D eigenvalue weighted by molar-refractivity contribution is 0.134. The van der Waals surface area contributed by atoms with Crippen molar-refractivity contribution in [3.63, 3.8) is 0 Å². The zero-order chi connectivity index (χ0) is 9.26. The SMILES string of the molecule is Cc1cccc(CC2CN(C)C2)c1. The summed E-state index contributed by atoms with van der Waals surface area (Å²) in [6.07, 6.45) is 1.26. The van der Waals surface area contributed by atoms with Gasteiger partial charge in [0.1, 0.15) is 0 Å². The fourth-order valence-electron chi connectivity index (χ4n) is 2.13. The molecule has 0 radical (unpaired) electrons. The molecule has 0 aliphatic carbocycles. The third kappa shape index (κ3) is 2.10. The first kappa shape index (κ1) is 8.76. The second-order valence-electron chi connectivity index (χ2n) is 4.28. The molecule has 1 aliphatic heterocycles. The van der Waals surface area contributed by atoms with Crippen LogP contribution in [0, 0.1) is 12.8 Å². The zero-order valence-electron chi connectivity index (χ0n) is 8.46. The third-order valence-electron chi connectivity index (χ3n) is 2.75. The van der Waals surface area contributed by atoms with Crippen LogP contribution < -0.4 is 0 Å². The van der Waals surface area contributed by atoms with Crippen LogP contribution >= 0.6 is 0 Å². The lowest BCUT2D eigenvalue weighted by Gasteiger charge is -2.36. The highest BCUT2D eigenvalue weighted by Gasteiger charge is 2.22. The molecule has 1 saturated heterocycles. The average molecular weight is 175 g/mol. The third-order valence-corrected chi connectivity index (χ3v) is 2.75. The van der Waals surface area contributed by atoms with Gasteiger partial charge in [0.15, 0.2) is 0 Å². The first-order valence-electron chi connectivity index (χ1n) is 4.98. The van der Waals surface area contributed by atoms with Gasteiger partial charge in [-0.3, -0.25) is 0 Å². The molecule has 0 atom stereocenters. The van der Waals surface area contributed by atoms with E-state index in [1.807, 2.05) is 0 Å². The van der Waals surface area contributed by atoms with Gasteiger partial charge in [-0.2, -0.15) is 0 Å². The number of rotatable bonds is 2. The number of hydrogen-bond acceptors (Lipinski definition) is 1. The molecular weight excluding hydrogens is 158 g/mol. The normalized spacial score (nSPS) is 18.6. The Bertz CT molecular complexity index is 287. The van der Waals surface area contributed by atoms with E-state index in [9.17, 15) is 0 Å². The lowest BCUT2D eigenvalue weighted by Crippen LogP contribution is -2.44. The summed E-state index contributed by atoms with van der Waals surface area (Å²) in [5.74, 6) is 0.895. The zero-order valence-corrected chi connectivity index (χ0v) is 8.46. The van der Waals surface area contributed by atoms with E-state index in [1.165, 1.54) is 30.6 Å². The van der Waals surface area contributed by atoms with Crippen molar-refractivity contribution in [2.24, 2.45) is 5.92 Å². The first-order chi connectivity index (χ1) is 6.24. The van der Waals surface area contributed by atoms with Gasteiger partial charge in [-0.1, -0.05) is 29.8 Å². The monoisotopic (exact) mass is 175 g/mol. The maximum atomic E-state index is 2.38. The second kappa shape index (κ2) is 3.51. The van der Waals surface area contributed by atoms with E-state index < -0.39 is 0 Å². The Kier molecular flexibility index (Phi) is 2.36. The molecule has 1 aromatic carbocycles. The molecule has 1 nitrogen and oxygen atoms in total. The molecule has 0 bridgehead atoms. The van der Waals surface area contributed by atoms with Gasteiger partial charge in [0.25, 0.3) is 0 Å². The van der Waals surface area contributed by atoms with Crippen molar-refractivity contribution in [1.29, 1.82) is 0 Å². The predicted molar refractivity (Wildman–Crippen MR) is 55.9 cm³/mol. The molecule has 1 aromatic rings. The summed E-state index contributed by atoms with van der Waals surface area (Å²) < 4.78 is 0. The number of likely N-dealkylation sites (tertiary alicyclic amines) is 1. The van der Waals surface area contributed by atoms with Crippen LogP contribution in [0.5, 0.6) is 0 Å². The molecule has 1 fully saturated rings. The molecule has 0 N–H and O–H groups in total. The second-order valence-corrected chi connectivity index (χ2v) is 4.28. The van der Waals surface area contributed by atoms with Crippen molar-refractivity contribution < 1.29 is 0 Å². The van der Waals surface area contributed by atoms with Gasteiger partial charge in [-0.25, -0.2) is 0 Å². The smallest absolute Gasteiger partial charge is 0.00222 e. The van der Waals surface area contributed by atoms with Gasteiger partial charge in [0.05, 0.1) is 0 Å². The van der Waals surface area contributed by atoms with Crippen molar-refractivity contribution in [2.45, 2.75) is 13.3 Å². The van der Waals surface area contributed by atoms with Crippen LogP contribution in [0.4, 0.5) is 0 Å². The number of aryl methyl sites for hydroxylation is 1. The van der Waals surface area contributed by atoms with E-state index in [0.29, 0.717) is 0 Å². The molecule has 1 heteroatoms. The molecule has 0 unspecified atom stereocenters. The maximum Gasteiger partial charge on any atom is 0.00222 e. The molecule has 0 spiro atoms. The van der Waals surface area contributed by atoms with Gasteiger partial charge in [0.2, 0.25) is 0 Å². The minimum Gasteiger partial charge on any atom is -0.306 e. The van der Waals surface area contributed by atoms with E-state index in [0.717, 1.165) is 5.92 Å². The lowest BCUT2D eigenvalue weighted by atomic mass is 9.92. The van der Waals surface area contributed by atoms with E-state index in [-0.39, 0.29) is 0 Å². The Hall–Kier alpha value is -0.820. The van der Waals surface area contributed by atoms with Crippen LogP contribution in [0.1, 0.15) is 11.1 Å².